The molecule has 0 radical (unpaired) electrons. The number of quaternary nitrogens is 1. The number of carbonyl (C=O) groups is 1. The number of carboxylic acids is 1. The largest absolute Gasteiger partial charge is 0.544 e. The van der Waals surface area contributed by atoms with Crippen molar-refractivity contribution in [2.24, 2.45) is 0 Å². The zero-order chi connectivity index (χ0) is 7.86. The van der Waals surface area contributed by atoms with E-state index in [0.717, 1.165) is 0 Å². The van der Waals surface area contributed by atoms with Gasteiger partial charge in [0.2, 0.25) is 0 Å². The maximum Gasteiger partial charge on any atom is 0.122 e. The molecule has 0 aliphatic carbocycles. The lowest BCUT2D eigenvalue weighted by molar-refractivity contribution is -0.432. The van der Waals surface area contributed by atoms with Crippen molar-refractivity contribution in [2.75, 3.05) is 0 Å². The van der Waals surface area contributed by atoms with E-state index in [-0.39, 0.29) is 0 Å². The first-order valence-electron chi connectivity index (χ1n) is 2.67. The summed E-state index contributed by atoms with van der Waals surface area (Å²) in [4.78, 5) is 9.53. The van der Waals surface area contributed by atoms with Gasteiger partial charge >= 0.3 is 0 Å². The minimum atomic E-state index is -1.10. The normalized spacial score (nSPS) is 10.6. The van der Waals surface area contributed by atoms with Gasteiger partial charge < -0.3 is 15.6 Å². The third-order valence-electron chi connectivity index (χ3n) is 0.402. The van der Waals surface area contributed by atoms with Crippen molar-refractivity contribution >= 4 is 5.97 Å². The third-order valence-corrected chi connectivity index (χ3v) is 0.402. The number of carbonyl (C=O) groups excluding carboxylic acids is 1. The van der Waals surface area contributed by atoms with Crippen molar-refractivity contribution in [3.8, 4) is 0 Å². The number of carboxylic acid groups (broad SMARTS) is 1. The molecule has 0 aliphatic heterocycles. The summed E-state index contributed by atoms with van der Waals surface area (Å²) >= 11 is 0. The number of hydrogen-bond acceptors (Lipinski definition) is 2. The van der Waals surface area contributed by atoms with Gasteiger partial charge in [-0.3, -0.25) is 0 Å². The highest BCUT2D eigenvalue weighted by molar-refractivity contribution is 5.68. The van der Waals surface area contributed by atoms with Gasteiger partial charge in [-0.2, -0.15) is 0 Å². The Balaban J connectivity index is 0. The molecule has 0 bridgehead atoms. The predicted molar refractivity (Wildman–Crippen MR) is 33.2 cm³/mol. The maximum absolute atomic E-state index is 9.53. The van der Waals surface area contributed by atoms with Crippen LogP contribution in [0.15, 0.2) is 12.7 Å². The van der Waals surface area contributed by atoms with E-state index in [9.17, 15) is 9.90 Å². The fourth-order valence-corrected chi connectivity index (χ4v) is 0. The molecule has 1 atom stereocenters. The van der Waals surface area contributed by atoms with Crippen LogP contribution in [0.4, 0.5) is 0 Å². The zero-order valence-electron chi connectivity index (χ0n) is 5.89. The van der Waals surface area contributed by atoms with E-state index < -0.39 is 12.0 Å². The Bertz CT molecular complexity index is 89.1. The fourth-order valence-electron chi connectivity index (χ4n) is 0. The zero-order valence-corrected chi connectivity index (χ0v) is 5.89. The van der Waals surface area contributed by atoms with Crippen molar-refractivity contribution in [3.63, 3.8) is 0 Å². The van der Waals surface area contributed by atoms with Gasteiger partial charge in [0.15, 0.2) is 0 Å². The minimum Gasteiger partial charge on any atom is -0.544 e. The second-order valence-electron chi connectivity index (χ2n) is 1.63. The SMILES string of the molecule is C=CC.CC([NH3+])C(=O)[O-]. The summed E-state index contributed by atoms with van der Waals surface area (Å²) in [6.07, 6.45) is 1.75. The molecule has 54 valence electrons. The van der Waals surface area contributed by atoms with Gasteiger partial charge in [0.25, 0.3) is 0 Å². The molecular formula is C6H13NO2. The van der Waals surface area contributed by atoms with Crippen LogP contribution in [0.2, 0.25) is 0 Å². The number of allylic oxidation sites excluding steroid dienone is 1. The summed E-state index contributed by atoms with van der Waals surface area (Å²) < 4.78 is 0. The molecule has 0 spiro atoms. The Kier molecular flexibility index (Phi) is 8.79. The van der Waals surface area contributed by atoms with Gasteiger partial charge in [0.05, 0.1) is 5.97 Å². The summed E-state index contributed by atoms with van der Waals surface area (Å²) in [5.41, 5.74) is 3.18. The van der Waals surface area contributed by atoms with Crippen molar-refractivity contribution in [2.45, 2.75) is 19.9 Å². The van der Waals surface area contributed by atoms with E-state index in [1.165, 1.54) is 6.92 Å². The molecule has 3 heteroatoms. The van der Waals surface area contributed by atoms with E-state index in [0.29, 0.717) is 0 Å². The first-order valence-corrected chi connectivity index (χ1v) is 2.67. The van der Waals surface area contributed by atoms with Gasteiger partial charge in [0, 0.05) is 0 Å². The van der Waals surface area contributed by atoms with E-state index in [1.54, 1.807) is 6.08 Å². The first kappa shape index (κ1) is 11.0. The van der Waals surface area contributed by atoms with Gasteiger partial charge in [-0.25, -0.2) is 0 Å². The lowest BCUT2D eigenvalue weighted by Crippen LogP contribution is -2.66. The number of rotatable bonds is 1. The van der Waals surface area contributed by atoms with Gasteiger partial charge in [-0.05, 0) is 13.8 Å². The molecule has 3 N–H and O–H groups in total. The van der Waals surface area contributed by atoms with E-state index >= 15 is 0 Å². The standard InChI is InChI=1S/C3H7NO2.C3H6/c1-2(4)3(5)6;1-3-2/h2H,4H2,1H3,(H,5,6);3H,1H2,2H3. The Hall–Kier alpha value is -0.830. The first-order chi connectivity index (χ1) is 4.06. The Morgan fingerprint density at radius 3 is 2.00 bits per heavy atom. The Morgan fingerprint density at radius 1 is 1.89 bits per heavy atom. The molecule has 1 unspecified atom stereocenters. The van der Waals surface area contributed by atoms with Gasteiger partial charge in [0.1, 0.15) is 6.04 Å². The van der Waals surface area contributed by atoms with Crippen LogP contribution in [0, 0.1) is 0 Å². The molecule has 0 saturated carbocycles. The second-order valence-corrected chi connectivity index (χ2v) is 1.63. The van der Waals surface area contributed by atoms with Crippen LogP contribution in [0.25, 0.3) is 0 Å². The summed E-state index contributed by atoms with van der Waals surface area (Å²) in [6.45, 7) is 6.72. The molecule has 3 nitrogen and oxygen atoms in total. The quantitative estimate of drug-likeness (QED) is 0.443. The molecular weight excluding hydrogens is 118 g/mol. The van der Waals surface area contributed by atoms with E-state index in [1.807, 2.05) is 6.92 Å². The lowest BCUT2D eigenvalue weighted by Gasteiger charge is -1.97. The van der Waals surface area contributed by atoms with Gasteiger partial charge in [-0.15, -0.1) is 6.58 Å². The highest BCUT2D eigenvalue weighted by Gasteiger charge is 1.92. The van der Waals surface area contributed by atoms with Crippen molar-refractivity contribution in [3.05, 3.63) is 12.7 Å². The topological polar surface area (TPSA) is 67.8 Å². The maximum atomic E-state index is 9.53. The molecule has 0 aliphatic rings. The highest BCUT2D eigenvalue weighted by atomic mass is 16.4. The molecule has 0 amide bonds. The van der Waals surface area contributed by atoms with Gasteiger partial charge in [-0.1, -0.05) is 6.08 Å². The summed E-state index contributed by atoms with van der Waals surface area (Å²) in [5, 5.41) is 9.53. The predicted octanol–water partition coefficient (Wildman–Crippen LogP) is -1.44. The molecule has 9 heavy (non-hydrogen) atoms. The molecule has 0 fully saturated rings. The fraction of sp³-hybridized carbons (Fsp3) is 0.500. The van der Waals surface area contributed by atoms with Crippen molar-refractivity contribution in [1.82, 2.24) is 0 Å². The molecule has 0 aromatic heterocycles. The third kappa shape index (κ3) is 19.1. The number of hydrogen-bond donors (Lipinski definition) is 1. The van der Waals surface area contributed by atoms with Crippen LogP contribution in [-0.2, 0) is 4.79 Å². The van der Waals surface area contributed by atoms with Crippen LogP contribution in [0.5, 0.6) is 0 Å². The van der Waals surface area contributed by atoms with E-state index in [2.05, 4.69) is 12.3 Å². The van der Waals surface area contributed by atoms with Crippen LogP contribution >= 0.6 is 0 Å². The van der Waals surface area contributed by atoms with Crippen LogP contribution in [0.1, 0.15) is 13.8 Å². The van der Waals surface area contributed by atoms with Crippen LogP contribution < -0.4 is 10.8 Å². The molecule has 0 heterocycles. The highest BCUT2D eigenvalue weighted by Crippen LogP contribution is 1.59. The van der Waals surface area contributed by atoms with Crippen LogP contribution in [0.3, 0.4) is 0 Å². The average Bonchev–Trinajstić information content (AvgIpc) is 1.68. The van der Waals surface area contributed by atoms with Crippen molar-refractivity contribution < 1.29 is 15.6 Å². The minimum absolute atomic E-state index is 0.593. The summed E-state index contributed by atoms with van der Waals surface area (Å²) in [6, 6.07) is -0.593. The summed E-state index contributed by atoms with van der Waals surface area (Å²) in [5.74, 6) is -1.10. The monoisotopic (exact) mass is 131 g/mol. The molecule has 0 aromatic carbocycles. The molecule has 0 rings (SSSR count). The lowest BCUT2D eigenvalue weighted by atomic mass is 10.4. The molecule has 0 saturated heterocycles. The Morgan fingerprint density at radius 2 is 2.00 bits per heavy atom. The molecule has 0 aromatic rings. The van der Waals surface area contributed by atoms with E-state index in [4.69, 9.17) is 0 Å². The smallest absolute Gasteiger partial charge is 0.122 e. The van der Waals surface area contributed by atoms with Crippen molar-refractivity contribution in [1.29, 1.82) is 0 Å². The Labute approximate surface area is 55.2 Å². The summed E-state index contributed by atoms with van der Waals surface area (Å²) in [7, 11) is 0. The average molecular weight is 131 g/mol. The number of aliphatic carboxylic acids is 1. The second kappa shape index (κ2) is 7.17. The van der Waals surface area contributed by atoms with Crippen LogP contribution in [-0.4, -0.2) is 12.0 Å².